The van der Waals surface area contributed by atoms with Crippen LogP contribution in [0.15, 0.2) is 0 Å². The zero-order chi connectivity index (χ0) is 16.1. The Morgan fingerprint density at radius 1 is 1.25 bits per heavy atom. The molecule has 0 aliphatic carbocycles. The Labute approximate surface area is 117 Å². The van der Waals surface area contributed by atoms with Crippen molar-refractivity contribution in [1.29, 1.82) is 0 Å². The van der Waals surface area contributed by atoms with Gasteiger partial charge in [0.25, 0.3) is 0 Å². The van der Waals surface area contributed by atoms with Gasteiger partial charge in [-0.3, -0.25) is 24.1 Å². The Morgan fingerprint density at radius 3 is 2.05 bits per heavy atom. The van der Waals surface area contributed by atoms with Crippen molar-refractivity contribution in [3.8, 4) is 0 Å². The van der Waals surface area contributed by atoms with Crippen molar-refractivity contribution in [2.75, 3.05) is 0 Å². The molecule has 0 unspecified atom stereocenters. The average molecular weight is 287 g/mol. The number of carbonyl (C=O) groups excluding carboxylic acids is 3. The van der Waals surface area contributed by atoms with Gasteiger partial charge in [-0.1, -0.05) is 6.92 Å². The fourth-order valence-corrected chi connectivity index (χ4v) is 1.57. The highest BCUT2D eigenvalue weighted by Crippen LogP contribution is 2.15. The molecule has 0 radical (unpaired) electrons. The highest BCUT2D eigenvalue weighted by molar-refractivity contribution is 6.03. The minimum absolute atomic E-state index is 0.0291. The van der Waals surface area contributed by atoms with E-state index in [1.165, 1.54) is 20.8 Å². The van der Waals surface area contributed by atoms with Crippen molar-refractivity contribution < 1.29 is 24.3 Å². The summed E-state index contributed by atoms with van der Waals surface area (Å²) in [6.07, 6.45) is -0.656. The molecule has 0 aliphatic rings. The van der Waals surface area contributed by atoms with Gasteiger partial charge in [0.15, 0.2) is 0 Å². The Balaban J connectivity index is 5.44. The molecular weight excluding hydrogens is 266 g/mol. The third-order valence-corrected chi connectivity index (χ3v) is 2.61. The summed E-state index contributed by atoms with van der Waals surface area (Å²) in [7, 11) is 0. The van der Waals surface area contributed by atoms with Gasteiger partial charge in [0.1, 0.15) is 6.04 Å². The number of rotatable bonds is 7. The van der Waals surface area contributed by atoms with Crippen LogP contribution in [0.4, 0.5) is 0 Å². The van der Waals surface area contributed by atoms with Gasteiger partial charge in [-0.05, 0) is 20.3 Å². The van der Waals surface area contributed by atoms with Crippen molar-refractivity contribution in [2.45, 2.75) is 51.6 Å². The Hall–Kier alpha value is -1.96. The summed E-state index contributed by atoms with van der Waals surface area (Å²) >= 11 is 0. The molecule has 8 nitrogen and oxygen atoms in total. The van der Waals surface area contributed by atoms with Gasteiger partial charge in [0.2, 0.25) is 17.7 Å². The fraction of sp³-hybridized carbons (Fsp3) is 0.667. The van der Waals surface area contributed by atoms with Crippen molar-refractivity contribution in [2.24, 2.45) is 11.5 Å². The predicted molar refractivity (Wildman–Crippen MR) is 70.3 cm³/mol. The topological polar surface area (TPSA) is 144 Å². The molecule has 114 valence electrons. The average Bonchev–Trinajstić information content (AvgIpc) is 2.30. The van der Waals surface area contributed by atoms with Crippen molar-refractivity contribution in [3.63, 3.8) is 0 Å². The van der Waals surface area contributed by atoms with Gasteiger partial charge in [-0.25, -0.2) is 0 Å². The second kappa shape index (κ2) is 6.99. The smallest absolute Gasteiger partial charge is 0.303 e. The summed E-state index contributed by atoms with van der Waals surface area (Å²) < 4.78 is 0. The lowest BCUT2D eigenvalue weighted by Gasteiger charge is -2.32. The molecule has 0 aromatic rings. The quantitative estimate of drug-likeness (QED) is 0.559. The third-order valence-electron chi connectivity index (χ3n) is 2.61. The summed E-state index contributed by atoms with van der Waals surface area (Å²) in [5.41, 5.74) is 9.46. The highest BCUT2D eigenvalue weighted by atomic mass is 16.4. The molecule has 0 rings (SSSR count). The monoisotopic (exact) mass is 287 g/mol. The normalized spacial score (nSPS) is 12.6. The number of carbonyl (C=O) groups is 4. The van der Waals surface area contributed by atoms with E-state index in [0.717, 1.165) is 0 Å². The Kier molecular flexibility index (Phi) is 6.31. The maximum atomic E-state index is 12.2. The molecule has 20 heavy (non-hydrogen) atoms. The number of carboxylic acids is 1. The van der Waals surface area contributed by atoms with Gasteiger partial charge in [-0.2, -0.15) is 0 Å². The van der Waals surface area contributed by atoms with Gasteiger partial charge < -0.3 is 16.6 Å². The van der Waals surface area contributed by atoms with E-state index >= 15 is 0 Å². The molecule has 0 saturated heterocycles. The molecule has 8 heteroatoms. The number of hydrogen-bond donors (Lipinski definition) is 3. The van der Waals surface area contributed by atoms with Crippen LogP contribution in [0, 0.1) is 0 Å². The number of nitrogens with zero attached hydrogens (tertiary/aromatic N) is 1. The SMILES string of the molecule is CCC(=O)N(C(=O)C(C)(C)N)[C@H](CCC(=O)O)C(N)=O. The van der Waals surface area contributed by atoms with E-state index in [2.05, 4.69) is 0 Å². The number of imide groups is 1. The summed E-state index contributed by atoms with van der Waals surface area (Å²) in [4.78, 5) is 46.8. The van der Waals surface area contributed by atoms with Crippen LogP contribution in [0.1, 0.15) is 40.0 Å². The van der Waals surface area contributed by atoms with Gasteiger partial charge in [0, 0.05) is 12.8 Å². The standard InChI is InChI=1S/C12H21N3O5/c1-4-8(16)15(11(20)12(2,3)14)7(10(13)19)5-6-9(17)18/h7H,4-6,14H2,1-3H3,(H2,13,19)(H,17,18)/t7-/m1/s1. The number of hydrogen-bond acceptors (Lipinski definition) is 5. The lowest BCUT2D eigenvalue weighted by atomic mass is 10.0. The van der Waals surface area contributed by atoms with E-state index in [9.17, 15) is 19.2 Å². The molecule has 0 fully saturated rings. The number of primary amides is 1. The molecule has 0 spiro atoms. The molecule has 0 aromatic heterocycles. The minimum Gasteiger partial charge on any atom is -0.481 e. The van der Waals surface area contributed by atoms with Crippen LogP contribution in [0.2, 0.25) is 0 Å². The van der Waals surface area contributed by atoms with Crippen LogP contribution >= 0.6 is 0 Å². The van der Waals surface area contributed by atoms with Gasteiger partial charge in [0.05, 0.1) is 5.54 Å². The van der Waals surface area contributed by atoms with E-state index in [0.29, 0.717) is 4.90 Å². The van der Waals surface area contributed by atoms with Crippen LogP contribution in [-0.2, 0) is 19.2 Å². The Morgan fingerprint density at radius 2 is 1.75 bits per heavy atom. The maximum Gasteiger partial charge on any atom is 0.303 e. The minimum atomic E-state index is -1.37. The molecule has 5 N–H and O–H groups in total. The molecule has 0 heterocycles. The first-order valence-corrected chi connectivity index (χ1v) is 6.18. The maximum absolute atomic E-state index is 12.2. The molecule has 0 saturated carbocycles. The molecule has 1 atom stereocenters. The fourth-order valence-electron chi connectivity index (χ4n) is 1.57. The largest absolute Gasteiger partial charge is 0.481 e. The zero-order valence-electron chi connectivity index (χ0n) is 11.9. The molecule has 0 bridgehead atoms. The lowest BCUT2D eigenvalue weighted by molar-refractivity contribution is -0.155. The van der Waals surface area contributed by atoms with Crippen LogP contribution in [0.5, 0.6) is 0 Å². The lowest BCUT2D eigenvalue weighted by Crippen LogP contribution is -2.59. The molecule has 0 aliphatic heterocycles. The Bertz CT molecular complexity index is 414. The van der Waals surface area contributed by atoms with Crippen LogP contribution in [0.25, 0.3) is 0 Å². The van der Waals surface area contributed by atoms with Crippen LogP contribution in [-0.4, -0.2) is 45.3 Å². The van der Waals surface area contributed by atoms with E-state index in [1.54, 1.807) is 0 Å². The second-order valence-electron chi connectivity index (χ2n) is 4.99. The van der Waals surface area contributed by atoms with Crippen molar-refractivity contribution >= 4 is 23.7 Å². The summed E-state index contributed by atoms with van der Waals surface area (Å²) in [5.74, 6) is -3.48. The van der Waals surface area contributed by atoms with Crippen molar-refractivity contribution in [1.82, 2.24) is 4.90 Å². The third kappa shape index (κ3) is 4.96. The van der Waals surface area contributed by atoms with Crippen LogP contribution in [0.3, 0.4) is 0 Å². The second-order valence-corrected chi connectivity index (χ2v) is 4.99. The first-order valence-electron chi connectivity index (χ1n) is 6.18. The number of nitrogens with two attached hydrogens (primary N) is 2. The van der Waals surface area contributed by atoms with E-state index in [-0.39, 0.29) is 19.3 Å². The molecule has 3 amide bonds. The first-order chi connectivity index (χ1) is 9.02. The predicted octanol–water partition coefficient (Wildman–Crippen LogP) is -0.792. The zero-order valence-corrected chi connectivity index (χ0v) is 11.9. The van der Waals surface area contributed by atoms with Crippen LogP contribution < -0.4 is 11.5 Å². The van der Waals surface area contributed by atoms with Gasteiger partial charge in [-0.15, -0.1) is 0 Å². The van der Waals surface area contributed by atoms with Crippen molar-refractivity contribution in [3.05, 3.63) is 0 Å². The van der Waals surface area contributed by atoms with E-state index in [1.807, 2.05) is 0 Å². The summed E-state index contributed by atoms with van der Waals surface area (Å²) in [6.45, 7) is 4.29. The number of amides is 3. The number of aliphatic carboxylic acids is 1. The summed E-state index contributed by atoms with van der Waals surface area (Å²) in [5, 5.41) is 8.66. The summed E-state index contributed by atoms with van der Waals surface area (Å²) in [6, 6.07) is -1.31. The highest BCUT2D eigenvalue weighted by Gasteiger charge is 2.38. The number of carboxylic acid groups (broad SMARTS) is 1. The molecular formula is C12H21N3O5. The van der Waals surface area contributed by atoms with E-state index < -0.39 is 35.3 Å². The van der Waals surface area contributed by atoms with Gasteiger partial charge >= 0.3 is 5.97 Å². The molecule has 0 aromatic carbocycles. The first kappa shape index (κ1) is 18.0. The van der Waals surface area contributed by atoms with E-state index in [4.69, 9.17) is 16.6 Å².